The van der Waals surface area contributed by atoms with Crippen molar-refractivity contribution in [1.29, 1.82) is 0 Å². The molecule has 1 aliphatic rings. The number of hydrogen-bond donors (Lipinski definition) is 1. The van der Waals surface area contributed by atoms with E-state index in [1.807, 2.05) is 0 Å². The Morgan fingerprint density at radius 3 is 2.33 bits per heavy atom. The smallest absolute Gasteiger partial charge is 0.0300 e. The lowest BCUT2D eigenvalue weighted by molar-refractivity contribution is 0.0520. The van der Waals surface area contributed by atoms with E-state index in [0.717, 1.165) is 19.0 Å². The van der Waals surface area contributed by atoms with Crippen LogP contribution in [0.3, 0.4) is 0 Å². The minimum absolute atomic E-state index is 0.181. The van der Waals surface area contributed by atoms with Gasteiger partial charge in [-0.1, -0.05) is 6.92 Å². The molecule has 0 aromatic carbocycles. The molecule has 3 nitrogen and oxygen atoms in total. The lowest BCUT2D eigenvalue weighted by Crippen LogP contribution is -2.55. The van der Waals surface area contributed by atoms with E-state index in [9.17, 15) is 0 Å². The van der Waals surface area contributed by atoms with Crippen LogP contribution in [0.2, 0.25) is 0 Å². The van der Waals surface area contributed by atoms with Gasteiger partial charge in [-0.2, -0.15) is 0 Å². The van der Waals surface area contributed by atoms with Crippen molar-refractivity contribution in [3.63, 3.8) is 0 Å². The van der Waals surface area contributed by atoms with E-state index in [0.29, 0.717) is 0 Å². The van der Waals surface area contributed by atoms with Gasteiger partial charge in [-0.15, -0.1) is 0 Å². The summed E-state index contributed by atoms with van der Waals surface area (Å²) < 4.78 is 0. The molecule has 0 aromatic rings. The van der Waals surface area contributed by atoms with Gasteiger partial charge in [0.2, 0.25) is 0 Å². The zero-order chi connectivity index (χ0) is 11.5. The summed E-state index contributed by atoms with van der Waals surface area (Å²) in [6.07, 6.45) is 3.69. The Balaban J connectivity index is 2.55. The lowest BCUT2D eigenvalue weighted by atomic mass is 9.92. The van der Waals surface area contributed by atoms with Crippen LogP contribution < -0.4 is 5.73 Å². The molecule has 1 atom stereocenters. The third kappa shape index (κ3) is 2.92. The van der Waals surface area contributed by atoms with Gasteiger partial charge < -0.3 is 10.6 Å². The molecule has 1 rings (SSSR count). The van der Waals surface area contributed by atoms with Gasteiger partial charge in [0.25, 0.3) is 0 Å². The van der Waals surface area contributed by atoms with Gasteiger partial charge in [-0.25, -0.2) is 0 Å². The van der Waals surface area contributed by atoms with Crippen LogP contribution in [-0.2, 0) is 0 Å². The summed E-state index contributed by atoms with van der Waals surface area (Å²) in [6.45, 7) is 7.72. The second-order valence-electron chi connectivity index (χ2n) is 5.20. The number of likely N-dealkylation sites (tertiary alicyclic amines) is 1. The number of nitrogens with two attached hydrogens (primary N) is 1. The van der Waals surface area contributed by atoms with Crippen molar-refractivity contribution in [2.75, 3.05) is 33.7 Å². The predicted octanol–water partition coefficient (Wildman–Crippen LogP) is 1.14. The number of piperidine rings is 1. The molecule has 0 spiro atoms. The van der Waals surface area contributed by atoms with Gasteiger partial charge in [0.15, 0.2) is 0 Å². The molecule has 0 radical (unpaired) electrons. The molecule has 15 heavy (non-hydrogen) atoms. The van der Waals surface area contributed by atoms with E-state index in [-0.39, 0.29) is 5.54 Å². The Bertz CT molecular complexity index is 181. The molecule has 1 fully saturated rings. The molecule has 0 aromatic heterocycles. The van der Waals surface area contributed by atoms with Crippen molar-refractivity contribution in [2.24, 2.45) is 5.73 Å². The maximum Gasteiger partial charge on any atom is 0.0300 e. The van der Waals surface area contributed by atoms with E-state index in [4.69, 9.17) is 5.73 Å². The predicted molar refractivity (Wildman–Crippen MR) is 66.0 cm³/mol. The monoisotopic (exact) mass is 213 g/mol. The molecular weight excluding hydrogens is 186 g/mol. The molecule has 0 bridgehead atoms. The fourth-order valence-electron chi connectivity index (χ4n) is 2.36. The highest BCUT2D eigenvalue weighted by Gasteiger charge is 2.32. The number of rotatable bonds is 4. The fourth-order valence-corrected chi connectivity index (χ4v) is 2.36. The quantitative estimate of drug-likeness (QED) is 0.760. The number of nitrogens with zero attached hydrogens (tertiary/aromatic N) is 2. The standard InChI is InChI=1S/C12H27N3/c1-5-12(2,10-13)15(4)11-6-8-14(3)9-7-11/h11H,5-10,13H2,1-4H3. The van der Waals surface area contributed by atoms with E-state index in [1.54, 1.807) is 0 Å². The zero-order valence-corrected chi connectivity index (χ0v) is 10.8. The molecule has 0 aliphatic carbocycles. The van der Waals surface area contributed by atoms with Crippen LogP contribution in [0.4, 0.5) is 0 Å². The lowest BCUT2D eigenvalue weighted by Gasteiger charge is -2.45. The zero-order valence-electron chi connectivity index (χ0n) is 10.8. The maximum absolute atomic E-state index is 5.90. The van der Waals surface area contributed by atoms with Gasteiger partial charge in [-0.05, 0) is 53.4 Å². The van der Waals surface area contributed by atoms with Crippen LogP contribution in [-0.4, -0.2) is 55.1 Å². The van der Waals surface area contributed by atoms with Crippen LogP contribution in [0.15, 0.2) is 0 Å². The minimum Gasteiger partial charge on any atom is -0.329 e. The van der Waals surface area contributed by atoms with Crippen LogP contribution in [0.5, 0.6) is 0 Å². The van der Waals surface area contributed by atoms with Gasteiger partial charge >= 0.3 is 0 Å². The summed E-state index contributed by atoms with van der Waals surface area (Å²) in [5.74, 6) is 0. The first-order chi connectivity index (χ1) is 7.03. The average Bonchev–Trinajstić information content (AvgIpc) is 2.28. The minimum atomic E-state index is 0.181. The Morgan fingerprint density at radius 2 is 1.93 bits per heavy atom. The van der Waals surface area contributed by atoms with E-state index in [2.05, 4.69) is 37.7 Å². The first-order valence-corrected chi connectivity index (χ1v) is 6.15. The molecule has 90 valence electrons. The topological polar surface area (TPSA) is 32.5 Å². The summed E-state index contributed by atoms with van der Waals surface area (Å²) in [7, 11) is 4.45. The average molecular weight is 213 g/mol. The molecule has 0 amide bonds. The summed E-state index contributed by atoms with van der Waals surface area (Å²) in [5, 5.41) is 0. The van der Waals surface area contributed by atoms with Crippen LogP contribution in [0.1, 0.15) is 33.1 Å². The number of likely N-dealkylation sites (N-methyl/N-ethyl adjacent to an activating group) is 1. The highest BCUT2D eigenvalue weighted by molar-refractivity contribution is 4.90. The summed E-state index contributed by atoms with van der Waals surface area (Å²) in [4.78, 5) is 4.93. The Morgan fingerprint density at radius 1 is 1.40 bits per heavy atom. The molecule has 1 unspecified atom stereocenters. The van der Waals surface area contributed by atoms with Gasteiger partial charge in [-0.3, -0.25) is 4.90 Å². The van der Waals surface area contributed by atoms with Gasteiger partial charge in [0, 0.05) is 18.1 Å². The highest BCUT2D eigenvalue weighted by atomic mass is 15.2. The SMILES string of the molecule is CCC(C)(CN)N(C)C1CCN(C)CC1. The summed E-state index contributed by atoms with van der Waals surface area (Å²) in [6, 6.07) is 0.717. The first-order valence-electron chi connectivity index (χ1n) is 6.15. The molecule has 1 aliphatic heterocycles. The van der Waals surface area contributed by atoms with Gasteiger partial charge in [0.05, 0.1) is 0 Å². The van der Waals surface area contributed by atoms with Crippen LogP contribution in [0, 0.1) is 0 Å². The normalized spacial score (nSPS) is 24.4. The van der Waals surface area contributed by atoms with Crippen molar-refractivity contribution in [3.05, 3.63) is 0 Å². The van der Waals surface area contributed by atoms with Crippen LogP contribution in [0.25, 0.3) is 0 Å². The molecule has 1 saturated heterocycles. The van der Waals surface area contributed by atoms with Crippen molar-refractivity contribution in [3.8, 4) is 0 Å². The Kier molecular flexibility index (Phi) is 4.56. The maximum atomic E-state index is 5.90. The summed E-state index contributed by atoms with van der Waals surface area (Å²) in [5.41, 5.74) is 6.08. The van der Waals surface area contributed by atoms with E-state index < -0.39 is 0 Å². The fraction of sp³-hybridized carbons (Fsp3) is 1.00. The molecular formula is C12H27N3. The Labute approximate surface area is 94.6 Å². The second kappa shape index (κ2) is 5.28. The molecule has 1 heterocycles. The van der Waals surface area contributed by atoms with Crippen molar-refractivity contribution in [2.45, 2.75) is 44.7 Å². The first kappa shape index (κ1) is 12.9. The summed E-state index contributed by atoms with van der Waals surface area (Å²) >= 11 is 0. The van der Waals surface area contributed by atoms with E-state index >= 15 is 0 Å². The molecule has 2 N–H and O–H groups in total. The van der Waals surface area contributed by atoms with Gasteiger partial charge in [0.1, 0.15) is 0 Å². The third-order valence-corrected chi connectivity index (χ3v) is 4.29. The van der Waals surface area contributed by atoms with Crippen molar-refractivity contribution in [1.82, 2.24) is 9.80 Å². The largest absolute Gasteiger partial charge is 0.329 e. The second-order valence-corrected chi connectivity index (χ2v) is 5.20. The number of hydrogen-bond acceptors (Lipinski definition) is 3. The van der Waals surface area contributed by atoms with Crippen molar-refractivity contribution >= 4 is 0 Å². The molecule has 0 saturated carbocycles. The third-order valence-electron chi connectivity index (χ3n) is 4.29. The van der Waals surface area contributed by atoms with Crippen molar-refractivity contribution < 1.29 is 0 Å². The van der Waals surface area contributed by atoms with Crippen LogP contribution >= 0.6 is 0 Å². The van der Waals surface area contributed by atoms with E-state index in [1.165, 1.54) is 25.9 Å². The highest BCUT2D eigenvalue weighted by Crippen LogP contribution is 2.24. The molecule has 3 heteroatoms. The Hall–Kier alpha value is -0.120.